The second kappa shape index (κ2) is 7.60. The zero-order valence-electron chi connectivity index (χ0n) is 11.0. The van der Waals surface area contributed by atoms with Crippen molar-refractivity contribution < 1.29 is 14.3 Å². The van der Waals surface area contributed by atoms with Crippen molar-refractivity contribution in [2.45, 2.75) is 26.4 Å². The van der Waals surface area contributed by atoms with Crippen LogP contribution in [0.5, 0.6) is 0 Å². The number of aromatic nitrogens is 2. The molecule has 1 aromatic rings. The second-order valence-electron chi connectivity index (χ2n) is 3.96. The molecule has 0 amide bonds. The number of carbonyl (C=O) groups is 1. The van der Waals surface area contributed by atoms with Crippen LogP contribution in [0.4, 0.5) is 5.95 Å². The van der Waals surface area contributed by atoms with Gasteiger partial charge in [0.2, 0.25) is 5.95 Å². The number of nitrogens with one attached hydrogen (secondary N) is 1. The number of rotatable bonds is 7. The van der Waals surface area contributed by atoms with E-state index < -0.39 is 5.97 Å². The quantitative estimate of drug-likeness (QED) is 0.586. The van der Waals surface area contributed by atoms with E-state index in [4.69, 9.17) is 4.74 Å². The zero-order valence-corrected chi connectivity index (χ0v) is 11.0. The fourth-order valence-electron chi connectivity index (χ4n) is 1.25. The Hall–Kier alpha value is -1.69. The van der Waals surface area contributed by atoms with Crippen molar-refractivity contribution in [3.8, 4) is 0 Å². The van der Waals surface area contributed by atoms with E-state index in [0.29, 0.717) is 19.1 Å². The summed E-state index contributed by atoms with van der Waals surface area (Å²) in [6.45, 7) is 5.37. The molecule has 0 saturated heterocycles. The molecule has 0 atom stereocenters. The van der Waals surface area contributed by atoms with Gasteiger partial charge in [-0.1, -0.05) is 0 Å². The Kier molecular flexibility index (Phi) is 6.07. The molecule has 18 heavy (non-hydrogen) atoms. The van der Waals surface area contributed by atoms with E-state index in [1.165, 1.54) is 19.4 Å². The summed E-state index contributed by atoms with van der Waals surface area (Å²) in [5, 5.41) is 3.03. The van der Waals surface area contributed by atoms with Gasteiger partial charge in [0.1, 0.15) is 0 Å². The largest absolute Gasteiger partial charge is 0.464 e. The predicted octanol–water partition coefficient (Wildman–Crippen LogP) is 1.49. The Morgan fingerprint density at radius 3 is 2.94 bits per heavy atom. The molecule has 6 nitrogen and oxygen atoms in total. The lowest BCUT2D eigenvalue weighted by atomic mass is 10.4. The predicted molar refractivity (Wildman–Crippen MR) is 67.6 cm³/mol. The van der Waals surface area contributed by atoms with Crippen LogP contribution in [0.3, 0.4) is 0 Å². The lowest BCUT2D eigenvalue weighted by molar-refractivity contribution is 0.0594. The molecule has 0 unspecified atom stereocenters. The number of esters is 1. The van der Waals surface area contributed by atoms with Gasteiger partial charge in [0.05, 0.1) is 13.2 Å². The third-order valence-electron chi connectivity index (χ3n) is 2.11. The van der Waals surface area contributed by atoms with Crippen molar-refractivity contribution in [1.82, 2.24) is 9.97 Å². The van der Waals surface area contributed by atoms with Gasteiger partial charge in [0, 0.05) is 19.3 Å². The summed E-state index contributed by atoms with van der Waals surface area (Å²) in [5.41, 5.74) is 0.244. The number of methoxy groups -OCH3 is 1. The number of hydrogen-bond donors (Lipinski definition) is 1. The van der Waals surface area contributed by atoms with Gasteiger partial charge < -0.3 is 14.8 Å². The SMILES string of the molecule is COC(=O)c1ccnc(NCCCOC(C)C)n1. The van der Waals surface area contributed by atoms with E-state index in [-0.39, 0.29) is 11.8 Å². The maximum absolute atomic E-state index is 11.3. The van der Waals surface area contributed by atoms with Crippen LogP contribution < -0.4 is 5.32 Å². The molecule has 0 aliphatic heterocycles. The van der Waals surface area contributed by atoms with Crippen molar-refractivity contribution in [3.63, 3.8) is 0 Å². The van der Waals surface area contributed by atoms with Crippen molar-refractivity contribution >= 4 is 11.9 Å². The average Bonchev–Trinajstić information content (AvgIpc) is 2.37. The highest BCUT2D eigenvalue weighted by Gasteiger charge is 2.07. The summed E-state index contributed by atoms with van der Waals surface area (Å²) in [6, 6.07) is 1.51. The average molecular weight is 253 g/mol. The first-order chi connectivity index (χ1) is 8.63. The smallest absolute Gasteiger partial charge is 0.356 e. The van der Waals surface area contributed by atoms with Gasteiger partial charge in [-0.05, 0) is 26.3 Å². The summed E-state index contributed by atoms with van der Waals surface area (Å²) in [5.74, 6) is -0.0500. The molecule has 0 saturated carbocycles. The third-order valence-corrected chi connectivity index (χ3v) is 2.11. The zero-order chi connectivity index (χ0) is 13.4. The monoisotopic (exact) mass is 253 g/mol. The van der Waals surface area contributed by atoms with Crippen LogP contribution in [0, 0.1) is 0 Å². The molecule has 1 aromatic heterocycles. The normalized spacial score (nSPS) is 10.4. The Labute approximate surface area is 107 Å². The van der Waals surface area contributed by atoms with Gasteiger partial charge in [-0.15, -0.1) is 0 Å². The van der Waals surface area contributed by atoms with Gasteiger partial charge in [-0.2, -0.15) is 0 Å². The summed E-state index contributed by atoms with van der Waals surface area (Å²) >= 11 is 0. The second-order valence-corrected chi connectivity index (χ2v) is 3.96. The van der Waals surface area contributed by atoms with E-state index in [9.17, 15) is 4.79 Å². The van der Waals surface area contributed by atoms with E-state index in [1.54, 1.807) is 0 Å². The topological polar surface area (TPSA) is 73.3 Å². The van der Waals surface area contributed by atoms with Gasteiger partial charge in [-0.25, -0.2) is 14.8 Å². The van der Waals surface area contributed by atoms with Crippen LogP contribution in [0.15, 0.2) is 12.3 Å². The first-order valence-corrected chi connectivity index (χ1v) is 5.90. The summed E-state index contributed by atoms with van der Waals surface area (Å²) in [6.07, 6.45) is 2.61. The minimum Gasteiger partial charge on any atom is -0.464 e. The first-order valence-electron chi connectivity index (χ1n) is 5.90. The van der Waals surface area contributed by atoms with E-state index in [1.807, 2.05) is 13.8 Å². The molecule has 1 heterocycles. The van der Waals surface area contributed by atoms with E-state index in [2.05, 4.69) is 20.0 Å². The summed E-state index contributed by atoms with van der Waals surface area (Å²) in [4.78, 5) is 19.3. The molecule has 100 valence electrons. The molecule has 0 fully saturated rings. The van der Waals surface area contributed by atoms with Gasteiger partial charge in [0.25, 0.3) is 0 Å². The van der Waals surface area contributed by atoms with Crippen molar-refractivity contribution in [3.05, 3.63) is 18.0 Å². The van der Waals surface area contributed by atoms with Crippen LogP contribution in [0.25, 0.3) is 0 Å². The number of ether oxygens (including phenoxy) is 2. The lowest BCUT2D eigenvalue weighted by Crippen LogP contribution is -2.12. The summed E-state index contributed by atoms with van der Waals surface area (Å²) in [7, 11) is 1.32. The maximum atomic E-state index is 11.3. The molecular formula is C12H19N3O3. The van der Waals surface area contributed by atoms with Crippen LogP contribution in [-0.4, -0.2) is 42.3 Å². The molecule has 0 aliphatic carbocycles. The van der Waals surface area contributed by atoms with Gasteiger partial charge in [0.15, 0.2) is 5.69 Å². The van der Waals surface area contributed by atoms with Crippen molar-refractivity contribution in [2.24, 2.45) is 0 Å². The summed E-state index contributed by atoms with van der Waals surface area (Å²) < 4.78 is 9.99. The Morgan fingerprint density at radius 1 is 1.50 bits per heavy atom. The minimum atomic E-state index is -0.469. The molecule has 0 radical (unpaired) electrons. The highest BCUT2D eigenvalue weighted by molar-refractivity contribution is 5.87. The first kappa shape index (κ1) is 14.4. The standard InChI is InChI=1S/C12H19N3O3/c1-9(2)18-8-4-6-13-12-14-7-5-10(15-12)11(16)17-3/h5,7,9H,4,6,8H2,1-3H3,(H,13,14,15). The molecule has 1 rings (SSSR count). The maximum Gasteiger partial charge on any atom is 0.356 e. The Balaban J connectivity index is 2.36. The minimum absolute atomic E-state index is 0.240. The molecular weight excluding hydrogens is 234 g/mol. The number of carbonyl (C=O) groups excluding carboxylic acids is 1. The molecule has 0 bridgehead atoms. The fourth-order valence-corrected chi connectivity index (χ4v) is 1.25. The highest BCUT2D eigenvalue weighted by Crippen LogP contribution is 2.02. The Morgan fingerprint density at radius 2 is 2.28 bits per heavy atom. The molecule has 0 aromatic carbocycles. The lowest BCUT2D eigenvalue weighted by Gasteiger charge is -2.08. The van der Waals surface area contributed by atoms with E-state index in [0.717, 1.165) is 6.42 Å². The number of hydrogen-bond acceptors (Lipinski definition) is 6. The van der Waals surface area contributed by atoms with Crippen LogP contribution in [0.2, 0.25) is 0 Å². The van der Waals surface area contributed by atoms with E-state index >= 15 is 0 Å². The molecule has 0 aliphatic rings. The molecule has 6 heteroatoms. The Bertz CT molecular complexity index is 383. The third kappa shape index (κ3) is 5.09. The van der Waals surface area contributed by atoms with Gasteiger partial charge in [-0.3, -0.25) is 0 Å². The van der Waals surface area contributed by atoms with Gasteiger partial charge >= 0.3 is 5.97 Å². The highest BCUT2D eigenvalue weighted by atomic mass is 16.5. The molecule has 1 N–H and O–H groups in total. The molecule has 0 spiro atoms. The number of nitrogens with zero attached hydrogens (tertiary/aromatic N) is 2. The van der Waals surface area contributed by atoms with Crippen LogP contribution >= 0.6 is 0 Å². The van der Waals surface area contributed by atoms with Crippen LogP contribution in [0.1, 0.15) is 30.8 Å². The number of anilines is 1. The fraction of sp³-hybridized carbons (Fsp3) is 0.583. The van der Waals surface area contributed by atoms with Crippen molar-refractivity contribution in [2.75, 3.05) is 25.6 Å². The van der Waals surface area contributed by atoms with Crippen molar-refractivity contribution in [1.29, 1.82) is 0 Å². The van der Waals surface area contributed by atoms with Crippen LogP contribution in [-0.2, 0) is 9.47 Å².